The van der Waals surface area contributed by atoms with E-state index in [0.717, 1.165) is 5.56 Å². The van der Waals surface area contributed by atoms with Crippen molar-refractivity contribution >= 4 is 41.2 Å². The summed E-state index contributed by atoms with van der Waals surface area (Å²) in [6.07, 6.45) is 2.50. The topological polar surface area (TPSA) is 94.1 Å². The second-order valence-electron chi connectivity index (χ2n) is 7.64. The smallest absolute Gasteiger partial charge is 0.337 e. The van der Waals surface area contributed by atoms with E-state index in [0.29, 0.717) is 21.3 Å². The average molecular weight is 518 g/mol. The van der Waals surface area contributed by atoms with Gasteiger partial charge in [-0.05, 0) is 48.4 Å². The van der Waals surface area contributed by atoms with Crippen molar-refractivity contribution in [3.8, 4) is 0 Å². The fourth-order valence-corrected chi connectivity index (χ4v) is 4.19. The molecule has 1 unspecified atom stereocenters. The Balaban J connectivity index is 2.01. The van der Waals surface area contributed by atoms with E-state index in [1.54, 1.807) is 55.5 Å². The molecule has 0 spiro atoms. The number of carboxylic acid groups (broad SMARTS) is 1. The number of hydrogen-bond donors (Lipinski definition) is 2. The number of rotatable bonds is 9. The number of methoxy groups -OCH3 is 2. The summed E-state index contributed by atoms with van der Waals surface area (Å²) in [4.78, 5) is 25.7. The number of aliphatic carboxylic acids is 1. The monoisotopic (exact) mass is 517 g/mol. The van der Waals surface area contributed by atoms with Crippen LogP contribution in [-0.2, 0) is 23.8 Å². The first-order chi connectivity index (χ1) is 16.8. The van der Waals surface area contributed by atoms with Crippen molar-refractivity contribution in [1.82, 2.24) is 5.32 Å². The van der Waals surface area contributed by atoms with E-state index < -0.39 is 24.1 Å². The zero-order valence-electron chi connectivity index (χ0n) is 19.4. The fourth-order valence-electron chi connectivity index (χ4n) is 3.86. The maximum absolute atomic E-state index is 13.4. The van der Waals surface area contributed by atoms with Crippen LogP contribution >= 0.6 is 23.2 Å². The van der Waals surface area contributed by atoms with Gasteiger partial charge in [0.05, 0.1) is 22.8 Å². The van der Waals surface area contributed by atoms with Crippen molar-refractivity contribution < 1.29 is 28.9 Å². The molecule has 35 heavy (non-hydrogen) atoms. The third kappa shape index (κ3) is 6.32. The average Bonchev–Trinajstić information content (AvgIpc) is 2.83. The van der Waals surface area contributed by atoms with Crippen LogP contribution in [0.2, 0.25) is 10.0 Å². The van der Waals surface area contributed by atoms with Gasteiger partial charge in [-0.2, -0.15) is 0 Å². The summed E-state index contributed by atoms with van der Waals surface area (Å²) in [5, 5.41) is 14.0. The number of dihydropyridines is 1. The molecule has 1 aliphatic heterocycles. The number of esters is 1. The lowest BCUT2D eigenvalue weighted by Crippen LogP contribution is -2.38. The lowest BCUT2D eigenvalue weighted by Gasteiger charge is -2.33. The molecule has 0 aliphatic carbocycles. The molecule has 0 aromatic heterocycles. The van der Waals surface area contributed by atoms with Crippen LogP contribution in [0.15, 0.2) is 77.1 Å². The van der Waals surface area contributed by atoms with Crippen molar-refractivity contribution in [2.24, 2.45) is 0 Å². The highest BCUT2D eigenvalue weighted by atomic mass is 35.5. The normalized spacial score (nSPS) is 16.1. The molecule has 1 aliphatic rings. The van der Waals surface area contributed by atoms with Gasteiger partial charge in [0, 0.05) is 30.0 Å². The predicted molar refractivity (Wildman–Crippen MR) is 134 cm³/mol. The zero-order valence-corrected chi connectivity index (χ0v) is 20.9. The second-order valence-corrected chi connectivity index (χ2v) is 8.51. The fraction of sp³-hybridized carbons (Fsp3) is 0.231. The maximum atomic E-state index is 13.4. The van der Waals surface area contributed by atoms with Crippen molar-refractivity contribution in [2.75, 3.05) is 20.8 Å². The largest absolute Gasteiger partial charge is 0.478 e. The Morgan fingerprint density at radius 2 is 1.74 bits per heavy atom. The van der Waals surface area contributed by atoms with Gasteiger partial charge in [0.25, 0.3) is 0 Å². The van der Waals surface area contributed by atoms with Crippen molar-refractivity contribution in [2.45, 2.75) is 19.1 Å². The van der Waals surface area contributed by atoms with E-state index in [4.69, 9.17) is 37.4 Å². The van der Waals surface area contributed by atoms with Crippen LogP contribution in [0.5, 0.6) is 0 Å². The number of carbonyl (C=O) groups is 2. The molecule has 0 bridgehead atoms. The van der Waals surface area contributed by atoms with Gasteiger partial charge in [-0.1, -0.05) is 53.5 Å². The summed E-state index contributed by atoms with van der Waals surface area (Å²) in [5.41, 5.74) is 2.05. The number of ether oxygens (including phenoxy) is 3. The third-order valence-corrected chi connectivity index (χ3v) is 5.87. The van der Waals surface area contributed by atoms with Gasteiger partial charge in [0.2, 0.25) is 0 Å². The number of hydrogen-bond acceptors (Lipinski definition) is 6. The number of halogens is 2. The second kappa shape index (κ2) is 12.0. The van der Waals surface area contributed by atoms with E-state index in [1.165, 1.54) is 14.2 Å². The first-order valence-electron chi connectivity index (χ1n) is 10.6. The molecule has 2 aromatic rings. The van der Waals surface area contributed by atoms with Crippen LogP contribution in [-0.4, -0.2) is 44.2 Å². The van der Waals surface area contributed by atoms with E-state index in [1.807, 2.05) is 12.1 Å². The summed E-state index contributed by atoms with van der Waals surface area (Å²) in [5.74, 6) is -2.87. The Bertz CT molecular complexity index is 1180. The molecule has 9 heteroatoms. The zero-order chi connectivity index (χ0) is 25.5. The van der Waals surface area contributed by atoms with E-state index in [9.17, 15) is 14.7 Å². The van der Waals surface area contributed by atoms with Crippen molar-refractivity contribution in [3.63, 3.8) is 0 Å². The quantitative estimate of drug-likeness (QED) is 0.350. The highest BCUT2D eigenvalue weighted by Gasteiger charge is 2.40. The van der Waals surface area contributed by atoms with Gasteiger partial charge < -0.3 is 24.6 Å². The molecule has 0 saturated heterocycles. The van der Waals surface area contributed by atoms with Gasteiger partial charge in [0.15, 0.2) is 6.29 Å². The molecule has 184 valence electrons. The number of carbonyl (C=O) groups excluding carboxylic acids is 1. The van der Waals surface area contributed by atoms with Gasteiger partial charge in [-0.3, -0.25) is 0 Å². The van der Waals surface area contributed by atoms with Gasteiger partial charge in [0.1, 0.15) is 6.61 Å². The minimum atomic E-state index is -1.18. The molecule has 0 radical (unpaired) electrons. The molecule has 0 fully saturated rings. The molecule has 7 nitrogen and oxygen atoms in total. The number of allylic oxidation sites excluding steroid dienone is 1. The van der Waals surface area contributed by atoms with Crippen LogP contribution in [0.3, 0.4) is 0 Å². The van der Waals surface area contributed by atoms with Crippen LogP contribution in [0.1, 0.15) is 24.0 Å². The summed E-state index contributed by atoms with van der Waals surface area (Å²) in [6.45, 7) is 1.57. The molecular weight excluding hydrogens is 493 g/mol. The minimum Gasteiger partial charge on any atom is -0.478 e. The Labute approximate surface area is 213 Å². The molecule has 0 amide bonds. The first-order valence-corrected chi connectivity index (χ1v) is 11.4. The lowest BCUT2D eigenvalue weighted by atomic mass is 9.80. The highest BCUT2D eigenvalue weighted by Crippen LogP contribution is 2.40. The Kier molecular flexibility index (Phi) is 9.12. The first kappa shape index (κ1) is 26.5. The number of benzene rings is 2. The lowest BCUT2D eigenvalue weighted by molar-refractivity contribution is -0.139. The molecule has 2 N–H and O–H groups in total. The van der Waals surface area contributed by atoms with Crippen molar-refractivity contribution in [3.05, 3.63) is 98.3 Å². The number of carboxylic acids is 1. The Hall–Kier alpha value is -3.10. The Morgan fingerprint density at radius 3 is 2.34 bits per heavy atom. The van der Waals surface area contributed by atoms with Crippen LogP contribution in [0.25, 0.3) is 6.08 Å². The highest BCUT2D eigenvalue weighted by molar-refractivity contribution is 6.30. The third-order valence-electron chi connectivity index (χ3n) is 5.38. The van der Waals surface area contributed by atoms with Gasteiger partial charge >= 0.3 is 11.9 Å². The standard InChI is InChI=1S/C26H25Cl2NO6/c1-15-20(24(30)31)21(17-7-4-8-19(28)14-17)22(23(29-15)26(33-2)34-3)25(32)35-13-5-6-16-9-11-18(27)12-10-16/h4-12,14,21,26,29H,13H2,1-3H3,(H,30,31)/b6-5+. The van der Waals surface area contributed by atoms with E-state index >= 15 is 0 Å². The number of nitrogens with one attached hydrogen (secondary N) is 1. The molecule has 2 aromatic carbocycles. The summed E-state index contributed by atoms with van der Waals surface area (Å²) in [6, 6.07) is 13.9. The molecule has 1 atom stereocenters. The van der Waals surface area contributed by atoms with Crippen LogP contribution in [0.4, 0.5) is 0 Å². The summed E-state index contributed by atoms with van der Waals surface area (Å²) < 4.78 is 16.3. The summed E-state index contributed by atoms with van der Waals surface area (Å²) >= 11 is 12.1. The van der Waals surface area contributed by atoms with Gasteiger partial charge in [-0.15, -0.1) is 0 Å². The Morgan fingerprint density at radius 1 is 1.06 bits per heavy atom. The predicted octanol–water partition coefficient (Wildman–Crippen LogP) is 5.17. The van der Waals surface area contributed by atoms with Crippen LogP contribution < -0.4 is 5.32 Å². The summed E-state index contributed by atoms with van der Waals surface area (Å²) in [7, 11) is 2.83. The van der Waals surface area contributed by atoms with E-state index in [2.05, 4.69) is 5.32 Å². The van der Waals surface area contributed by atoms with Gasteiger partial charge in [-0.25, -0.2) is 9.59 Å². The minimum absolute atomic E-state index is 0.00868. The van der Waals surface area contributed by atoms with Crippen LogP contribution in [0, 0.1) is 0 Å². The van der Waals surface area contributed by atoms with Crippen molar-refractivity contribution in [1.29, 1.82) is 0 Å². The molecule has 0 saturated carbocycles. The SMILES string of the molecule is COC(OC)C1=C(C(=O)OC/C=C/c2ccc(Cl)cc2)C(c2cccc(Cl)c2)C(C(=O)O)=C(C)N1. The maximum Gasteiger partial charge on any atom is 0.337 e. The molecule has 3 rings (SSSR count). The molecule has 1 heterocycles. The van der Waals surface area contributed by atoms with E-state index in [-0.39, 0.29) is 23.5 Å². The molecular formula is C26H25Cl2NO6.